The molecule has 0 atom stereocenters. The van der Waals surface area contributed by atoms with Gasteiger partial charge in [-0.25, -0.2) is 0 Å². The molecule has 2 N–H and O–H groups in total. The molecule has 0 aromatic heterocycles. The van der Waals surface area contributed by atoms with Gasteiger partial charge in [-0.05, 0) is 44.0 Å². The van der Waals surface area contributed by atoms with E-state index in [9.17, 15) is 4.79 Å². The van der Waals surface area contributed by atoms with Crippen molar-refractivity contribution < 1.29 is 4.79 Å². The smallest absolute Gasteiger partial charge is 0.241 e. The summed E-state index contributed by atoms with van der Waals surface area (Å²) >= 11 is 0. The largest absolute Gasteiger partial charge is 0.325 e. The fourth-order valence-corrected chi connectivity index (χ4v) is 2.60. The van der Waals surface area contributed by atoms with Crippen LogP contribution in [-0.4, -0.2) is 43.0 Å². The maximum Gasteiger partial charge on any atom is 0.241 e. The van der Waals surface area contributed by atoms with Crippen LogP contribution in [0.4, 0.5) is 5.69 Å². The van der Waals surface area contributed by atoms with Crippen LogP contribution in [0.1, 0.15) is 18.4 Å². The van der Waals surface area contributed by atoms with E-state index in [0.717, 1.165) is 38.0 Å². The molecule has 1 aliphatic heterocycles. The number of likely N-dealkylation sites (N-methyl/N-ethyl adjacent to an activating group) is 1. The number of nitrogens with zero attached hydrogens (tertiary/aromatic N) is 2. The monoisotopic (exact) mass is 259 g/mol. The Balaban J connectivity index is 1.70. The molecule has 2 aliphatic rings. The molecule has 0 unspecified atom stereocenters. The van der Waals surface area contributed by atoms with Crippen molar-refractivity contribution in [2.24, 2.45) is 5.73 Å². The number of carbonyl (C=O) groups excluding carboxylic acids is 1. The predicted octanol–water partition coefficient (Wildman–Crippen LogP) is 0.999. The van der Waals surface area contributed by atoms with Gasteiger partial charge in [0.1, 0.15) is 0 Å². The van der Waals surface area contributed by atoms with E-state index in [4.69, 9.17) is 5.73 Å². The quantitative estimate of drug-likeness (QED) is 0.881. The topological polar surface area (TPSA) is 49.6 Å². The van der Waals surface area contributed by atoms with E-state index >= 15 is 0 Å². The minimum absolute atomic E-state index is 0.0468. The fraction of sp³-hybridized carbons (Fsp3) is 0.533. The third-order valence-corrected chi connectivity index (χ3v) is 4.11. The average molecular weight is 259 g/mol. The third-order valence-electron chi connectivity index (χ3n) is 4.11. The van der Waals surface area contributed by atoms with Gasteiger partial charge in [0, 0.05) is 24.3 Å². The highest BCUT2D eigenvalue weighted by Crippen LogP contribution is 2.35. The Bertz CT molecular complexity index is 479. The molecule has 102 valence electrons. The summed E-state index contributed by atoms with van der Waals surface area (Å²) in [6, 6.07) is 8.30. The van der Waals surface area contributed by atoms with Gasteiger partial charge in [-0.1, -0.05) is 12.1 Å². The molecule has 2 fully saturated rings. The molecule has 4 nitrogen and oxygen atoms in total. The lowest BCUT2D eigenvalue weighted by molar-refractivity contribution is -0.120. The molecule has 0 radical (unpaired) electrons. The summed E-state index contributed by atoms with van der Waals surface area (Å²) in [6.45, 7) is 2.21. The minimum atomic E-state index is 0.0468. The highest BCUT2D eigenvalue weighted by molar-refractivity contribution is 5.95. The average Bonchev–Trinajstić information content (AvgIpc) is 3.08. The maximum absolute atomic E-state index is 12.0. The van der Waals surface area contributed by atoms with Gasteiger partial charge in [0.2, 0.25) is 5.91 Å². The molecule has 4 heteroatoms. The molecule has 1 heterocycles. The molecule has 0 bridgehead atoms. The number of hydrogen-bond donors (Lipinski definition) is 1. The van der Waals surface area contributed by atoms with Crippen molar-refractivity contribution in [1.82, 2.24) is 4.90 Å². The van der Waals surface area contributed by atoms with Crippen molar-refractivity contribution in [3.05, 3.63) is 29.8 Å². The zero-order valence-electron chi connectivity index (χ0n) is 11.4. The second-order valence-electron chi connectivity index (χ2n) is 5.99. The van der Waals surface area contributed by atoms with E-state index in [2.05, 4.69) is 17.0 Å². The van der Waals surface area contributed by atoms with Gasteiger partial charge in [-0.15, -0.1) is 0 Å². The normalized spacial score (nSPS) is 22.6. The lowest BCUT2D eigenvalue weighted by Crippen LogP contribution is -2.48. The third kappa shape index (κ3) is 2.80. The Hall–Kier alpha value is -1.39. The van der Waals surface area contributed by atoms with Gasteiger partial charge >= 0.3 is 0 Å². The first kappa shape index (κ1) is 12.6. The van der Waals surface area contributed by atoms with Crippen LogP contribution in [0.25, 0.3) is 0 Å². The van der Waals surface area contributed by atoms with Crippen molar-refractivity contribution in [2.45, 2.75) is 24.8 Å². The van der Waals surface area contributed by atoms with E-state index in [1.807, 2.05) is 24.1 Å². The molecular formula is C15H21N3O. The minimum Gasteiger partial charge on any atom is -0.325 e. The molecule has 3 rings (SSSR count). The lowest BCUT2D eigenvalue weighted by atomic mass is 10.0. The second-order valence-corrected chi connectivity index (χ2v) is 5.99. The van der Waals surface area contributed by atoms with Crippen LogP contribution in [0.15, 0.2) is 24.3 Å². The van der Waals surface area contributed by atoms with Crippen molar-refractivity contribution in [3.8, 4) is 0 Å². The first-order valence-corrected chi connectivity index (χ1v) is 6.93. The van der Waals surface area contributed by atoms with E-state index in [1.54, 1.807) is 0 Å². The Morgan fingerprint density at radius 3 is 2.47 bits per heavy atom. The number of anilines is 1. The fourth-order valence-electron chi connectivity index (χ4n) is 2.60. The highest BCUT2D eigenvalue weighted by atomic mass is 16.2. The number of carbonyl (C=O) groups is 1. The Labute approximate surface area is 114 Å². The molecule has 1 saturated carbocycles. The molecule has 1 aromatic rings. The summed E-state index contributed by atoms with van der Waals surface area (Å²) in [5, 5.41) is 0. The van der Waals surface area contributed by atoms with Crippen LogP contribution in [0, 0.1) is 0 Å². The van der Waals surface area contributed by atoms with Gasteiger partial charge in [0.05, 0.1) is 6.54 Å². The summed E-state index contributed by atoms with van der Waals surface area (Å²) in [5.74, 6) is 0.180. The molecule has 0 spiro atoms. The van der Waals surface area contributed by atoms with Crippen LogP contribution in [0.3, 0.4) is 0 Å². The Morgan fingerprint density at radius 2 is 1.89 bits per heavy atom. The molecule has 1 aliphatic carbocycles. The van der Waals surface area contributed by atoms with Gasteiger partial charge in [0.15, 0.2) is 0 Å². The molecule has 1 saturated heterocycles. The van der Waals surface area contributed by atoms with Crippen LogP contribution in [0.2, 0.25) is 0 Å². The summed E-state index contributed by atoms with van der Waals surface area (Å²) < 4.78 is 0. The summed E-state index contributed by atoms with van der Waals surface area (Å²) in [7, 11) is 1.98. The molecule has 1 aromatic carbocycles. The second kappa shape index (κ2) is 4.62. The number of rotatable bonds is 3. The SMILES string of the molecule is CN1CCN(c2ccc(CC3(N)CC3)cc2)C(=O)C1. The van der Waals surface area contributed by atoms with Gasteiger partial charge in [-0.2, -0.15) is 0 Å². The van der Waals surface area contributed by atoms with Crippen molar-refractivity contribution in [3.63, 3.8) is 0 Å². The van der Waals surface area contributed by atoms with Gasteiger partial charge < -0.3 is 10.6 Å². The molecule has 19 heavy (non-hydrogen) atoms. The van der Waals surface area contributed by atoms with Gasteiger partial charge in [0.25, 0.3) is 0 Å². The zero-order valence-corrected chi connectivity index (χ0v) is 11.4. The van der Waals surface area contributed by atoms with E-state index in [0.29, 0.717) is 6.54 Å². The van der Waals surface area contributed by atoms with E-state index < -0.39 is 0 Å². The van der Waals surface area contributed by atoms with Crippen LogP contribution in [-0.2, 0) is 11.2 Å². The number of amides is 1. The highest BCUT2D eigenvalue weighted by Gasteiger charge is 2.37. The number of piperazine rings is 1. The Morgan fingerprint density at radius 1 is 1.21 bits per heavy atom. The molecule has 1 amide bonds. The van der Waals surface area contributed by atoms with Crippen molar-refractivity contribution in [1.29, 1.82) is 0 Å². The zero-order chi connectivity index (χ0) is 13.5. The predicted molar refractivity (Wildman–Crippen MR) is 76.1 cm³/mol. The summed E-state index contributed by atoms with van der Waals surface area (Å²) in [5.41, 5.74) is 8.45. The van der Waals surface area contributed by atoms with Crippen LogP contribution in [0.5, 0.6) is 0 Å². The number of hydrogen-bond acceptors (Lipinski definition) is 3. The van der Waals surface area contributed by atoms with Crippen molar-refractivity contribution in [2.75, 3.05) is 31.6 Å². The number of nitrogens with two attached hydrogens (primary N) is 1. The van der Waals surface area contributed by atoms with Crippen LogP contribution >= 0.6 is 0 Å². The van der Waals surface area contributed by atoms with Crippen molar-refractivity contribution >= 4 is 11.6 Å². The van der Waals surface area contributed by atoms with Gasteiger partial charge in [-0.3, -0.25) is 9.69 Å². The van der Waals surface area contributed by atoms with E-state index in [-0.39, 0.29) is 11.4 Å². The lowest BCUT2D eigenvalue weighted by Gasteiger charge is -2.32. The summed E-state index contributed by atoms with van der Waals surface area (Å²) in [6.07, 6.45) is 3.21. The van der Waals surface area contributed by atoms with E-state index in [1.165, 1.54) is 5.56 Å². The van der Waals surface area contributed by atoms with Crippen LogP contribution < -0.4 is 10.6 Å². The number of benzene rings is 1. The Kier molecular flexibility index (Phi) is 3.07. The maximum atomic E-state index is 12.0. The standard InChI is InChI=1S/C15H21N3O/c1-17-8-9-18(14(19)11-17)13-4-2-12(3-5-13)10-15(16)6-7-15/h2-5H,6-11,16H2,1H3. The summed E-state index contributed by atoms with van der Waals surface area (Å²) in [4.78, 5) is 15.9. The first-order valence-electron chi connectivity index (χ1n) is 6.93. The first-order chi connectivity index (χ1) is 9.06. The molecular weight excluding hydrogens is 238 g/mol.